The van der Waals surface area contributed by atoms with Gasteiger partial charge in [-0.1, -0.05) is 6.92 Å². The van der Waals surface area contributed by atoms with Crippen LogP contribution in [0.3, 0.4) is 0 Å². The first-order valence-corrected chi connectivity index (χ1v) is 5.17. The molecule has 1 heterocycles. The van der Waals surface area contributed by atoms with Gasteiger partial charge in [0.05, 0.1) is 0 Å². The number of hydrogen-bond acceptors (Lipinski definition) is 3. The van der Waals surface area contributed by atoms with Crippen LogP contribution in [0.1, 0.15) is 35.9 Å². The Morgan fingerprint density at radius 2 is 2.31 bits per heavy atom. The van der Waals surface area contributed by atoms with E-state index in [1.54, 1.807) is 6.07 Å². The third-order valence-corrected chi connectivity index (χ3v) is 2.10. The lowest BCUT2D eigenvalue weighted by Gasteiger charge is -2.00. The number of aromatic nitrogens is 2. The standard InChI is InChI=1S/C10H15N3O3/c1-2-7-6-8(13-12-7)10(16)11-5-3-4-9(14)15/h6H,2-5H2,1H3,(H,11,16)(H,12,13)(H,14,15). The van der Waals surface area contributed by atoms with Crippen molar-refractivity contribution < 1.29 is 14.7 Å². The number of aryl methyl sites for hydroxylation is 1. The fraction of sp³-hybridized carbons (Fsp3) is 0.500. The van der Waals surface area contributed by atoms with Crippen molar-refractivity contribution in [3.05, 3.63) is 17.5 Å². The minimum atomic E-state index is -0.859. The van der Waals surface area contributed by atoms with Crippen LogP contribution in [0, 0.1) is 0 Å². The van der Waals surface area contributed by atoms with Gasteiger partial charge in [0.2, 0.25) is 0 Å². The molecule has 0 aliphatic carbocycles. The van der Waals surface area contributed by atoms with Crippen LogP contribution in [0.5, 0.6) is 0 Å². The van der Waals surface area contributed by atoms with Crippen LogP contribution >= 0.6 is 0 Å². The topological polar surface area (TPSA) is 95.1 Å². The molecule has 0 atom stereocenters. The lowest BCUT2D eigenvalue weighted by atomic mass is 10.3. The zero-order valence-electron chi connectivity index (χ0n) is 9.12. The number of hydrogen-bond donors (Lipinski definition) is 3. The summed E-state index contributed by atoms with van der Waals surface area (Å²) in [7, 11) is 0. The van der Waals surface area contributed by atoms with Crippen LogP contribution in [-0.4, -0.2) is 33.7 Å². The molecule has 1 aromatic heterocycles. The van der Waals surface area contributed by atoms with Crippen LogP contribution in [0.2, 0.25) is 0 Å². The molecule has 0 unspecified atom stereocenters. The molecule has 16 heavy (non-hydrogen) atoms. The van der Waals surface area contributed by atoms with Gasteiger partial charge in [-0.3, -0.25) is 14.7 Å². The Bertz CT molecular complexity index is 373. The minimum absolute atomic E-state index is 0.0566. The zero-order valence-corrected chi connectivity index (χ0v) is 9.12. The summed E-state index contributed by atoms with van der Waals surface area (Å²) >= 11 is 0. The largest absolute Gasteiger partial charge is 0.481 e. The predicted molar refractivity (Wildman–Crippen MR) is 57.2 cm³/mol. The number of nitrogens with one attached hydrogen (secondary N) is 2. The summed E-state index contributed by atoms with van der Waals surface area (Å²) in [4.78, 5) is 21.7. The number of carbonyl (C=O) groups is 2. The summed E-state index contributed by atoms with van der Waals surface area (Å²) < 4.78 is 0. The molecule has 0 saturated heterocycles. The van der Waals surface area contributed by atoms with Crippen molar-refractivity contribution >= 4 is 11.9 Å². The number of carbonyl (C=O) groups excluding carboxylic acids is 1. The van der Waals surface area contributed by atoms with Crippen molar-refractivity contribution in [3.8, 4) is 0 Å². The second-order valence-corrected chi connectivity index (χ2v) is 3.39. The molecule has 6 heteroatoms. The maximum absolute atomic E-state index is 11.5. The molecule has 1 amide bonds. The normalized spacial score (nSPS) is 10.1. The number of nitrogens with zero attached hydrogens (tertiary/aromatic N) is 1. The van der Waals surface area contributed by atoms with E-state index in [9.17, 15) is 9.59 Å². The molecule has 3 N–H and O–H groups in total. The van der Waals surface area contributed by atoms with Gasteiger partial charge >= 0.3 is 5.97 Å². The lowest BCUT2D eigenvalue weighted by Crippen LogP contribution is -2.25. The van der Waals surface area contributed by atoms with Gasteiger partial charge < -0.3 is 10.4 Å². The molecule has 0 aromatic carbocycles. The number of carboxylic acids is 1. The smallest absolute Gasteiger partial charge is 0.303 e. The van der Waals surface area contributed by atoms with E-state index >= 15 is 0 Å². The molecule has 1 aromatic rings. The number of rotatable bonds is 6. The molecule has 0 spiro atoms. The molecule has 0 aliphatic heterocycles. The van der Waals surface area contributed by atoms with Gasteiger partial charge in [0.1, 0.15) is 5.69 Å². The first-order chi connectivity index (χ1) is 7.63. The Hall–Kier alpha value is -1.85. The Kier molecular flexibility index (Phi) is 4.50. The first kappa shape index (κ1) is 12.2. The van der Waals surface area contributed by atoms with E-state index in [0.717, 1.165) is 12.1 Å². The molecular weight excluding hydrogens is 210 g/mol. The minimum Gasteiger partial charge on any atom is -0.481 e. The Balaban J connectivity index is 2.32. The second-order valence-electron chi connectivity index (χ2n) is 3.39. The molecule has 88 valence electrons. The summed E-state index contributed by atoms with van der Waals surface area (Å²) in [5.41, 5.74) is 1.24. The fourth-order valence-electron chi connectivity index (χ4n) is 1.19. The Morgan fingerprint density at radius 3 is 2.88 bits per heavy atom. The highest BCUT2D eigenvalue weighted by Crippen LogP contribution is 2.00. The highest BCUT2D eigenvalue weighted by Gasteiger charge is 2.09. The van der Waals surface area contributed by atoms with Crippen molar-refractivity contribution in [3.63, 3.8) is 0 Å². The van der Waals surface area contributed by atoms with Crippen molar-refractivity contribution in [1.29, 1.82) is 0 Å². The molecule has 1 rings (SSSR count). The van der Waals surface area contributed by atoms with Crippen molar-refractivity contribution in [2.75, 3.05) is 6.54 Å². The summed E-state index contributed by atoms with van der Waals surface area (Å²) in [6, 6.07) is 1.69. The van der Waals surface area contributed by atoms with Crippen molar-refractivity contribution in [2.45, 2.75) is 26.2 Å². The Labute approximate surface area is 93.1 Å². The van der Waals surface area contributed by atoms with Crippen molar-refractivity contribution in [2.24, 2.45) is 0 Å². The van der Waals surface area contributed by atoms with E-state index in [4.69, 9.17) is 5.11 Å². The maximum Gasteiger partial charge on any atom is 0.303 e. The summed E-state index contributed by atoms with van der Waals surface area (Å²) in [5, 5.41) is 17.6. The van der Waals surface area contributed by atoms with Crippen LogP contribution in [0.4, 0.5) is 0 Å². The van der Waals surface area contributed by atoms with Gasteiger partial charge in [-0.05, 0) is 18.9 Å². The molecule has 0 saturated carbocycles. The molecule has 0 fully saturated rings. The number of carboxylic acid groups (broad SMARTS) is 1. The van der Waals surface area contributed by atoms with Crippen LogP contribution < -0.4 is 5.32 Å². The summed E-state index contributed by atoms with van der Waals surface area (Å²) in [5.74, 6) is -1.14. The second kappa shape index (κ2) is 5.89. The first-order valence-electron chi connectivity index (χ1n) is 5.17. The average molecular weight is 225 g/mol. The fourth-order valence-corrected chi connectivity index (χ4v) is 1.19. The maximum atomic E-state index is 11.5. The summed E-state index contributed by atoms with van der Waals surface area (Å²) in [6.45, 7) is 2.31. The van der Waals surface area contributed by atoms with Gasteiger partial charge in [0.15, 0.2) is 0 Å². The third-order valence-electron chi connectivity index (χ3n) is 2.10. The van der Waals surface area contributed by atoms with Gasteiger partial charge in [-0.15, -0.1) is 0 Å². The van der Waals surface area contributed by atoms with Gasteiger partial charge in [0, 0.05) is 18.7 Å². The van der Waals surface area contributed by atoms with E-state index in [-0.39, 0.29) is 12.3 Å². The molecule has 6 nitrogen and oxygen atoms in total. The van der Waals surface area contributed by atoms with Crippen molar-refractivity contribution in [1.82, 2.24) is 15.5 Å². The number of amides is 1. The van der Waals surface area contributed by atoms with Gasteiger partial charge in [0.25, 0.3) is 5.91 Å². The van der Waals surface area contributed by atoms with E-state index in [2.05, 4.69) is 15.5 Å². The van der Waals surface area contributed by atoms with Gasteiger partial charge in [-0.2, -0.15) is 5.10 Å². The van der Waals surface area contributed by atoms with E-state index in [1.807, 2.05) is 6.92 Å². The number of aliphatic carboxylic acids is 1. The summed E-state index contributed by atoms with van der Waals surface area (Å²) in [6.07, 6.45) is 1.27. The molecule has 0 aliphatic rings. The average Bonchev–Trinajstić information content (AvgIpc) is 2.72. The van der Waals surface area contributed by atoms with Crippen LogP contribution in [0.25, 0.3) is 0 Å². The van der Waals surface area contributed by atoms with E-state index < -0.39 is 5.97 Å². The lowest BCUT2D eigenvalue weighted by molar-refractivity contribution is -0.137. The highest BCUT2D eigenvalue weighted by atomic mass is 16.4. The monoisotopic (exact) mass is 225 g/mol. The van der Waals surface area contributed by atoms with Gasteiger partial charge in [-0.25, -0.2) is 0 Å². The molecular formula is C10H15N3O3. The molecule has 0 bridgehead atoms. The SMILES string of the molecule is CCc1cc(C(=O)NCCCC(=O)O)n[nH]1. The third kappa shape index (κ3) is 3.72. The number of H-pyrrole nitrogens is 1. The molecule has 0 radical (unpaired) electrons. The quantitative estimate of drug-likeness (QED) is 0.617. The van der Waals surface area contributed by atoms with Crippen LogP contribution in [-0.2, 0) is 11.2 Å². The van der Waals surface area contributed by atoms with E-state index in [0.29, 0.717) is 18.7 Å². The number of aromatic amines is 1. The Morgan fingerprint density at radius 1 is 1.56 bits per heavy atom. The van der Waals surface area contributed by atoms with E-state index in [1.165, 1.54) is 0 Å². The predicted octanol–water partition coefficient (Wildman–Crippen LogP) is 0.567. The zero-order chi connectivity index (χ0) is 12.0. The van der Waals surface area contributed by atoms with Crippen LogP contribution in [0.15, 0.2) is 6.07 Å². The highest BCUT2D eigenvalue weighted by molar-refractivity contribution is 5.92.